The van der Waals surface area contributed by atoms with Crippen LogP contribution in [0.25, 0.3) is 0 Å². The van der Waals surface area contributed by atoms with Crippen molar-refractivity contribution >= 4 is 11.7 Å². The summed E-state index contributed by atoms with van der Waals surface area (Å²) in [4.78, 5) is 11.8. The molecule has 0 saturated heterocycles. The topological polar surface area (TPSA) is 59.6 Å². The molecule has 2 rings (SSSR count). The molecule has 0 aromatic heterocycles. The second-order valence-corrected chi connectivity index (χ2v) is 4.99. The van der Waals surface area contributed by atoms with Crippen molar-refractivity contribution in [2.75, 3.05) is 18.5 Å². The normalized spacial score (nSPS) is 14.9. The van der Waals surface area contributed by atoms with Crippen LogP contribution in [0.2, 0.25) is 0 Å². The predicted octanol–water partition coefficient (Wildman–Crippen LogP) is 2.62. The van der Waals surface area contributed by atoms with E-state index in [-0.39, 0.29) is 12.1 Å². The molecule has 0 radical (unpaired) electrons. The quantitative estimate of drug-likeness (QED) is 0.882. The summed E-state index contributed by atoms with van der Waals surface area (Å²) in [5.74, 6) is 1.78. The molecule has 1 heterocycles. The minimum atomic E-state index is -0.210. The van der Waals surface area contributed by atoms with Gasteiger partial charge in [0.1, 0.15) is 13.2 Å². The van der Waals surface area contributed by atoms with Gasteiger partial charge in [-0.3, -0.25) is 0 Å². The van der Waals surface area contributed by atoms with Crippen molar-refractivity contribution in [3.63, 3.8) is 0 Å². The van der Waals surface area contributed by atoms with E-state index in [9.17, 15) is 4.79 Å². The maximum absolute atomic E-state index is 11.8. The molecule has 0 fully saturated rings. The van der Waals surface area contributed by atoms with E-state index in [0.717, 1.165) is 0 Å². The van der Waals surface area contributed by atoms with Crippen molar-refractivity contribution in [1.29, 1.82) is 0 Å². The highest BCUT2D eigenvalue weighted by Crippen LogP contribution is 2.32. The van der Waals surface area contributed by atoms with Crippen LogP contribution in [0.4, 0.5) is 10.5 Å². The van der Waals surface area contributed by atoms with Crippen molar-refractivity contribution in [2.45, 2.75) is 26.8 Å². The van der Waals surface area contributed by atoms with E-state index in [2.05, 4.69) is 24.5 Å². The van der Waals surface area contributed by atoms with Crippen molar-refractivity contribution in [3.05, 3.63) is 18.2 Å². The van der Waals surface area contributed by atoms with Crippen LogP contribution in [0.5, 0.6) is 11.5 Å². The number of rotatable bonds is 3. The lowest BCUT2D eigenvalue weighted by molar-refractivity contribution is 0.171. The third-order valence-electron chi connectivity index (χ3n) is 3.16. The summed E-state index contributed by atoms with van der Waals surface area (Å²) in [5.41, 5.74) is 0.692. The maximum Gasteiger partial charge on any atom is 0.319 e. The number of carbonyl (C=O) groups excluding carboxylic acids is 1. The summed E-state index contributed by atoms with van der Waals surface area (Å²) in [6, 6.07) is 5.28. The lowest BCUT2D eigenvalue weighted by Gasteiger charge is -2.20. The molecule has 0 aliphatic carbocycles. The molecule has 0 spiro atoms. The number of nitrogens with one attached hydrogen (secondary N) is 2. The van der Waals surface area contributed by atoms with Gasteiger partial charge in [-0.2, -0.15) is 0 Å². The van der Waals surface area contributed by atoms with E-state index in [1.54, 1.807) is 18.2 Å². The van der Waals surface area contributed by atoms with Gasteiger partial charge in [0.25, 0.3) is 0 Å². The minimum Gasteiger partial charge on any atom is -0.486 e. The molecule has 0 saturated carbocycles. The van der Waals surface area contributed by atoms with Crippen LogP contribution in [0.15, 0.2) is 18.2 Å². The molecule has 1 aliphatic rings. The van der Waals surface area contributed by atoms with E-state index in [0.29, 0.717) is 36.3 Å². The molecule has 104 valence electrons. The van der Waals surface area contributed by atoms with Gasteiger partial charge in [0.05, 0.1) is 0 Å². The second-order valence-electron chi connectivity index (χ2n) is 4.99. The van der Waals surface area contributed by atoms with E-state index in [4.69, 9.17) is 9.47 Å². The third kappa shape index (κ3) is 3.53. The fourth-order valence-electron chi connectivity index (χ4n) is 1.66. The number of amides is 2. The first-order valence-electron chi connectivity index (χ1n) is 6.53. The Bertz CT molecular complexity index is 460. The molecular formula is C14H20N2O3. The number of hydrogen-bond acceptors (Lipinski definition) is 3. The largest absolute Gasteiger partial charge is 0.486 e. The molecule has 1 aromatic carbocycles. The van der Waals surface area contributed by atoms with Crippen LogP contribution in [-0.2, 0) is 0 Å². The summed E-state index contributed by atoms with van der Waals surface area (Å²) >= 11 is 0. The Kier molecular flexibility index (Phi) is 4.14. The second kappa shape index (κ2) is 5.82. The molecule has 1 atom stereocenters. The van der Waals surface area contributed by atoms with Gasteiger partial charge in [0.2, 0.25) is 0 Å². The maximum atomic E-state index is 11.8. The van der Waals surface area contributed by atoms with E-state index in [1.165, 1.54) is 0 Å². The first-order valence-corrected chi connectivity index (χ1v) is 6.53. The zero-order chi connectivity index (χ0) is 13.8. The number of benzene rings is 1. The van der Waals surface area contributed by atoms with Crippen molar-refractivity contribution in [3.8, 4) is 11.5 Å². The molecule has 2 N–H and O–H groups in total. The van der Waals surface area contributed by atoms with Crippen molar-refractivity contribution in [1.82, 2.24) is 5.32 Å². The molecule has 5 heteroatoms. The van der Waals surface area contributed by atoms with Crippen molar-refractivity contribution in [2.24, 2.45) is 5.92 Å². The molecule has 5 nitrogen and oxygen atoms in total. The van der Waals surface area contributed by atoms with Crippen molar-refractivity contribution < 1.29 is 14.3 Å². The number of anilines is 1. The summed E-state index contributed by atoms with van der Waals surface area (Å²) in [6.07, 6.45) is 0. The van der Waals surface area contributed by atoms with Crippen LogP contribution >= 0.6 is 0 Å². The fraction of sp³-hybridized carbons (Fsp3) is 0.500. The summed E-state index contributed by atoms with van der Waals surface area (Å²) < 4.78 is 10.9. The Labute approximate surface area is 113 Å². The van der Waals surface area contributed by atoms with Crippen LogP contribution in [0.3, 0.4) is 0 Å². The first kappa shape index (κ1) is 13.5. The lowest BCUT2D eigenvalue weighted by atomic mass is 10.1. The highest BCUT2D eigenvalue weighted by molar-refractivity contribution is 5.89. The van der Waals surface area contributed by atoms with Gasteiger partial charge in [0, 0.05) is 17.8 Å². The zero-order valence-electron chi connectivity index (χ0n) is 11.5. The summed E-state index contributed by atoms with van der Waals surface area (Å²) in [7, 11) is 0. The fourth-order valence-corrected chi connectivity index (χ4v) is 1.66. The Morgan fingerprint density at radius 1 is 1.16 bits per heavy atom. The van der Waals surface area contributed by atoms with Gasteiger partial charge >= 0.3 is 6.03 Å². The Morgan fingerprint density at radius 3 is 2.53 bits per heavy atom. The van der Waals surface area contributed by atoms with Gasteiger partial charge in [-0.25, -0.2) is 4.79 Å². The van der Waals surface area contributed by atoms with Crippen LogP contribution in [0, 0.1) is 5.92 Å². The van der Waals surface area contributed by atoms with Gasteiger partial charge in [-0.15, -0.1) is 0 Å². The monoisotopic (exact) mass is 264 g/mol. The first-order chi connectivity index (χ1) is 9.06. The predicted molar refractivity (Wildman–Crippen MR) is 73.9 cm³/mol. The van der Waals surface area contributed by atoms with Gasteiger partial charge in [-0.05, 0) is 25.0 Å². The van der Waals surface area contributed by atoms with E-state index >= 15 is 0 Å². The van der Waals surface area contributed by atoms with Crippen LogP contribution in [0.1, 0.15) is 20.8 Å². The smallest absolute Gasteiger partial charge is 0.319 e. The Hall–Kier alpha value is -1.91. The molecule has 1 aromatic rings. The lowest BCUT2D eigenvalue weighted by Crippen LogP contribution is -2.39. The molecule has 2 amide bonds. The number of fused-ring (bicyclic) bond motifs is 1. The highest BCUT2D eigenvalue weighted by Gasteiger charge is 2.14. The van der Waals surface area contributed by atoms with Gasteiger partial charge in [-0.1, -0.05) is 13.8 Å². The molecule has 1 aliphatic heterocycles. The Morgan fingerprint density at radius 2 is 1.84 bits per heavy atom. The average molecular weight is 264 g/mol. The van der Waals surface area contributed by atoms with Crippen LogP contribution < -0.4 is 20.1 Å². The van der Waals surface area contributed by atoms with E-state index < -0.39 is 0 Å². The standard InChI is InChI=1S/C14H20N2O3/c1-9(2)10(3)15-14(17)16-11-4-5-12-13(8-11)19-7-6-18-12/h4-5,8-10H,6-7H2,1-3H3,(H2,15,16,17). The zero-order valence-corrected chi connectivity index (χ0v) is 11.5. The Balaban J connectivity index is 1.97. The number of carbonyl (C=O) groups is 1. The third-order valence-corrected chi connectivity index (χ3v) is 3.16. The molecule has 0 bridgehead atoms. The van der Waals surface area contributed by atoms with E-state index in [1.807, 2.05) is 6.92 Å². The molecule has 1 unspecified atom stereocenters. The SMILES string of the molecule is CC(C)C(C)NC(=O)Nc1ccc2c(c1)OCCO2. The highest BCUT2D eigenvalue weighted by atomic mass is 16.6. The number of hydrogen-bond donors (Lipinski definition) is 2. The molecule has 19 heavy (non-hydrogen) atoms. The number of ether oxygens (including phenoxy) is 2. The van der Waals surface area contributed by atoms with Gasteiger partial charge < -0.3 is 20.1 Å². The van der Waals surface area contributed by atoms with Gasteiger partial charge in [0.15, 0.2) is 11.5 Å². The molecular weight excluding hydrogens is 244 g/mol. The van der Waals surface area contributed by atoms with Crippen LogP contribution in [-0.4, -0.2) is 25.3 Å². The average Bonchev–Trinajstić information content (AvgIpc) is 2.38. The summed E-state index contributed by atoms with van der Waals surface area (Å²) in [5, 5.41) is 5.68. The number of urea groups is 1. The summed E-state index contributed by atoms with van der Waals surface area (Å²) in [6.45, 7) is 7.21. The minimum absolute atomic E-state index is 0.122.